The first kappa shape index (κ1) is 28.5. The lowest BCUT2D eigenvalue weighted by Gasteiger charge is -2.41. The number of anilines is 1. The monoisotopic (exact) mass is 595 g/mol. The number of piperidine rings is 1. The van der Waals surface area contributed by atoms with Crippen molar-refractivity contribution in [2.75, 3.05) is 32.2 Å². The summed E-state index contributed by atoms with van der Waals surface area (Å²) in [5.74, 6) is 1.50. The van der Waals surface area contributed by atoms with Crippen molar-refractivity contribution in [3.05, 3.63) is 82.5 Å². The molecule has 0 spiro atoms. The lowest BCUT2D eigenvalue weighted by Crippen LogP contribution is -2.41. The summed E-state index contributed by atoms with van der Waals surface area (Å²) in [5, 5.41) is 7.21. The molecule has 7 rings (SSSR count). The molecule has 0 radical (unpaired) electrons. The molecular formula is C34H38FN7O2. The highest BCUT2D eigenvalue weighted by Crippen LogP contribution is 2.49. The van der Waals surface area contributed by atoms with E-state index in [9.17, 15) is 4.39 Å². The number of fused-ring (bicyclic) bond motifs is 2. The molecule has 3 unspecified atom stereocenters. The van der Waals surface area contributed by atoms with Gasteiger partial charge in [-0.15, -0.1) is 0 Å². The van der Waals surface area contributed by atoms with Crippen molar-refractivity contribution in [3.63, 3.8) is 0 Å². The minimum absolute atomic E-state index is 0.0206. The van der Waals surface area contributed by atoms with E-state index in [1.807, 2.05) is 24.4 Å². The Balaban J connectivity index is 1.12. The Morgan fingerprint density at radius 1 is 1.05 bits per heavy atom. The van der Waals surface area contributed by atoms with E-state index in [4.69, 9.17) is 19.5 Å². The van der Waals surface area contributed by atoms with Crippen LogP contribution in [0.4, 0.5) is 10.2 Å². The number of hydrogen-bond acceptors (Lipinski definition) is 9. The van der Waals surface area contributed by atoms with Crippen LogP contribution < -0.4 is 25.0 Å². The molecule has 4 aliphatic heterocycles. The van der Waals surface area contributed by atoms with Gasteiger partial charge in [-0.25, -0.2) is 19.3 Å². The van der Waals surface area contributed by atoms with Gasteiger partial charge < -0.3 is 25.0 Å². The number of aromatic nitrogens is 3. The molecule has 9 nitrogen and oxygen atoms in total. The summed E-state index contributed by atoms with van der Waals surface area (Å²) in [6, 6.07) is 9.45. The SMILES string of the molecule is COc1ccc(C2=Cc3c(ncnc3N3CCC(C)(C4=C5NC5C(c5ccc(OC)c(F)c5)C(C)=N4)CC3)CNC2C)cn1. The third-order valence-electron chi connectivity index (χ3n) is 9.70. The molecule has 0 aliphatic carbocycles. The van der Waals surface area contributed by atoms with Crippen molar-refractivity contribution in [1.82, 2.24) is 25.6 Å². The first-order valence-corrected chi connectivity index (χ1v) is 15.2. The Hall–Kier alpha value is -4.31. The van der Waals surface area contributed by atoms with E-state index < -0.39 is 0 Å². The highest BCUT2D eigenvalue weighted by molar-refractivity contribution is 5.93. The fraction of sp³-hybridized carbons (Fsp3) is 0.412. The van der Waals surface area contributed by atoms with E-state index in [0.717, 1.165) is 71.1 Å². The third kappa shape index (κ3) is 4.91. The predicted molar refractivity (Wildman–Crippen MR) is 169 cm³/mol. The number of allylic oxidation sites excluding steroid dienone is 1. The largest absolute Gasteiger partial charge is 0.494 e. The first-order chi connectivity index (χ1) is 21.3. The number of ether oxygens (including phenoxy) is 2. The Labute approximate surface area is 257 Å². The Kier molecular flexibility index (Phi) is 7.11. The summed E-state index contributed by atoms with van der Waals surface area (Å²) in [6.45, 7) is 8.94. The molecule has 0 bridgehead atoms. The molecule has 6 heterocycles. The second kappa shape index (κ2) is 11.0. The quantitative estimate of drug-likeness (QED) is 0.379. The molecule has 2 saturated heterocycles. The van der Waals surface area contributed by atoms with Gasteiger partial charge in [0.25, 0.3) is 0 Å². The Bertz CT molecular complexity index is 1690. The van der Waals surface area contributed by atoms with Crippen LogP contribution in [-0.2, 0) is 6.54 Å². The molecule has 3 aromatic rings. The topological polar surface area (TPSA) is 107 Å². The highest BCUT2D eigenvalue weighted by Gasteiger charge is 2.49. The van der Waals surface area contributed by atoms with Crippen molar-refractivity contribution in [2.24, 2.45) is 10.4 Å². The van der Waals surface area contributed by atoms with E-state index >= 15 is 0 Å². The van der Waals surface area contributed by atoms with E-state index in [0.29, 0.717) is 12.4 Å². The number of nitrogens with one attached hydrogen (secondary N) is 2. The van der Waals surface area contributed by atoms with Crippen LogP contribution >= 0.6 is 0 Å². The average Bonchev–Trinajstić information content (AvgIpc) is 3.85. The first-order valence-electron chi connectivity index (χ1n) is 15.2. The molecule has 2 N–H and O–H groups in total. The zero-order valence-electron chi connectivity index (χ0n) is 25.8. The van der Waals surface area contributed by atoms with Crippen LogP contribution in [0.15, 0.2) is 59.2 Å². The summed E-state index contributed by atoms with van der Waals surface area (Å²) < 4.78 is 24.9. The summed E-state index contributed by atoms with van der Waals surface area (Å²) in [4.78, 5) is 21.5. The van der Waals surface area contributed by atoms with Crippen molar-refractivity contribution in [3.8, 4) is 11.6 Å². The lowest BCUT2D eigenvalue weighted by molar-refractivity contribution is 0.299. The van der Waals surface area contributed by atoms with Gasteiger partial charge in [-0.3, -0.25) is 4.99 Å². The number of nitrogens with zero attached hydrogens (tertiary/aromatic N) is 5. The molecule has 2 aromatic heterocycles. The summed E-state index contributed by atoms with van der Waals surface area (Å²) >= 11 is 0. The number of hydrogen-bond donors (Lipinski definition) is 2. The Morgan fingerprint density at radius 2 is 1.86 bits per heavy atom. The van der Waals surface area contributed by atoms with Gasteiger partial charge in [0, 0.05) is 60.5 Å². The fourth-order valence-electron chi connectivity index (χ4n) is 6.96. The number of methoxy groups -OCH3 is 2. The van der Waals surface area contributed by atoms with Gasteiger partial charge >= 0.3 is 0 Å². The molecule has 44 heavy (non-hydrogen) atoms. The minimum Gasteiger partial charge on any atom is -0.494 e. The molecule has 228 valence electrons. The van der Waals surface area contributed by atoms with Crippen LogP contribution in [0.2, 0.25) is 0 Å². The maximum Gasteiger partial charge on any atom is 0.212 e. The van der Waals surface area contributed by atoms with Gasteiger partial charge in [-0.05, 0) is 67.7 Å². The second-order valence-electron chi connectivity index (χ2n) is 12.4. The van der Waals surface area contributed by atoms with Crippen LogP contribution in [0.5, 0.6) is 11.6 Å². The average molecular weight is 596 g/mol. The van der Waals surface area contributed by atoms with Crippen LogP contribution in [0.3, 0.4) is 0 Å². The summed E-state index contributed by atoms with van der Waals surface area (Å²) in [7, 11) is 3.11. The number of rotatable bonds is 6. The zero-order valence-corrected chi connectivity index (χ0v) is 25.8. The maximum atomic E-state index is 14.5. The van der Waals surface area contributed by atoms with Crippen molar-refractivity contribution >= 4 is 23.2 Å². The normalized spacial score (nSPS) is 23.9. The molecule has 10 heteroatoms. The Morgan fingerprint density at radius 3 is 2.57 bits per heavy atom. The molecule has 2 fully saturated rings. The zero-order chi connectivity index (χ0) is 30.6. The third-order valence-corrected chi connectivity index (χ3v) is 9.70. The summed E-state index contributed by atoms with van der Waals surface area (Å²) in [6.07, 6.45) is 7.67. The molecule has 3 atom stereocenters. The lowest BCUT2D eigenvalue weighted by atomic mass is 9.75. The fourth-order valence-corrected chi connectivity index (χ4v) is 6.96. The van der Waals surface area contributed by atoms with Gasteiger partial charge in [0.05, 0.1) is 37.3 Å². The number of aliphatic imine (C=N–C) groups is 1. The minimum atomic E-state index is -0.343. The van der Waals surface area contributed by atoms with Gasteiger partial charge in [0.1, 0.15) is 12.1 Å². The molecule has 4 aliphatic rings. The molecule has 0 amide bonds. The van der Waals surface area contributed by atoms with Crippen molar-refractivity contribution < 1.29 is 13.9 Å². The predicted octanol–water partition coefficient (Wildman–Crippen LogP) is 5.11. The standard InChI is InChI=1S/C34H38FN7O2/c1-19-23(22-7-9-28(44-5)37-16-22)15-24-26(17-36-19)38-18-39-33(24)42-12-10-34(3,11-13-42)32-31-30(41-31)29(20(2)40-32)21-6-8-27(43-4)25(35)14-21/h6-9,14-16,18-19,29-30,36,41H,10-13,17H2,1-5H3. The van der Waals surface area contributed by atoms with Gasteiger partial charge in [-0.2, -0.15) is 0 Å². The van der Waals surface area contributed by atoms with E-state index in [1.165, 1.54) is 12.8 Å². The van der Waals surface area contributed by atoms with Crippen molar-refractivity contribution in [1.29, 1.82) is 0 Å². The van der Waals surface area contributed by atoms with Crippen LogP contribution in [0, 0.1) is 11.2 Å². The van der Waals surface area contributed by atoms with E-state index in [-0.39, 0.29) is 35.0 Å². The summed E-state index contributed by atoms with van der Waals surface area (Å²) in [5.41, 5.74) is 8.46. The number of pyridine rings is 1. The van der Waals surface area contributed by atoms with Gasteiger partial charge in [-0.1, -0.05) is 13.0 Å². The van der Waals surface area contributed by atoms with Crippen LogP contribution in [-0.4, -0.2) is 60.1 Å². The molecule has 0 saturated carbocycles. The van der Waals surface area contributed by atoms with E-state index in [2.05, 4.69) is 52.3 Å². The second-order valence-corrected chi connectivity index (χ2v) is 12.4. The van der Waals surface area contributed by atoms with Crippen molar-refractivity contribution in [2.45, 2.75) is 58.2 Å². The smallest absolute Gasteiger partial charge is 0.212 e. The molecule has 1 aromatic carbocycles. The number of benzene rings is 1. The van der Waals surface area contributed by atoms with Gasteiger partial charge in [0.2, 0.25) is 5.88 Å². The van der Waals surface area contributed by atoms with E-state index in [1.54, 1.807) is 25.6 Å². The molecular weight excluding hydrogens is 557 g/mol. The highest BCUT2D eigenvalue weighted by atomic mass is 19.1. The van der Waals surface area contributed by atoms with Crippen LogP contribution in [0.1, 0.15) is 61.9 Å². The van der Waals surface area contributed by atoms with Gasteiger partial charge in [0.15, 0.2) is 11.6 Å². The maximum absolute atomic E-state index is 14.5. The van der Waals surface area contributed by atoms with Crippen LogP contribution in [0.25, 0.3) is 11.6 Å². The number of halogens is 1.